The summed E-state index contributed by atoms with van der Waals surface area (Å²) in [6.07, 6.45) is -3.01. The fourth-order valence-electron chi connectivity index (χ4n) is 3.65. The third-order valence-electron chi connectivity index (χ3n) is 5.35. The summed E-state index contributed by atoms with van der Waals surface area (Å²) in [5, 5.41) is 5.63. The van der Waals surface area contributed by atoms with Crippen LogP contribution in [0, 0.1) is 6.92 Å². The quantitative estimate of drug-likeness (QED) is 0.265. The minimum Gasteiger partial charge on any atom is -0.340 e. The highest BCUT2D eigenvalue weighted by atomic mass is 35.5. The molecule has 0 fully saturated rings. The Hall–Kier alpha value is -3.58. The number of carbonyl (C=O) groups is 1. The number of nitrogens with one attached hydrogen (secondary N) is 1. The maximum Gasteiger partial charge on any atom is 0.416 e. The van der Waals surface area contributed by atoms with Gasteiger partial charge < -0.3 is 4.57 Å². The van der Waals surface area contributed by atoms with E-state index in [0.29, 0.717) is 11.6 Å². The Kier molecular flexibility index (Phi) is 6.24. The molecule has 33 heavy (non-hydrogen) atoms. The number of aromatic nitrogens is 1. The molecule has 1 N–H and O–H groups in total. The Balaban J connectivity index is 1.59. The van der Waals surface area contributed by atoms with Gasteiger partial charge in [-0.05, 0) is 48.9 Å². The molecular weight excluding hydrogens is 451 g/mol. The molecule has 0 aliphatic carbocycles. The molecule has 0 bridgehead atoms. The van der Waals surface area contributed by atoms with E-state index in [0.717, 1.165) is 39.9 Å². The number of rotatable bonds is 5. The summed E-state index contributed by atoms with van der Waals surface area (Å²) in [6.45, 7) is 2.57. The lowest BCUT2D eigenvalue weighted by Gasteiger charge is -2.09. The summed E-state index contributed by atoms with van der Waals surface area (Å²) in [6, 6.07) is 19.6. The maximum absolute atomic E-state index is 12.9. The zero-order valence-electron chi connectivity index (χ0n) is 17.5. The van der Waals surface area contributed by atoms with E-state index in [-0.39, 0.29) is 5.56 Å². The van der Waals surface area contributed by atoms with Gasteiger partial charge in [-0.25, -0.2) is 5.43 Å². The van der Waals surface area contributed by atoms with Gasteiger partial charge in [-0.15, -0.1) is 0 Å². The van der Waals surface area contributed by atoms with E-state index in [2.05, 4.69) is 15.1 Å². The first-order chi connectivity index (χ1) is 15.7. The largest absolute Gasteiger partial charge is 0.416 e. The van der Waals surface area contributed by atoms with E-state index in [9.17, 15) is 18.0 Å². The number of hydrogen-bond acceptors (Lipinski definition) is 2. The Morgan fingerprint density at radius 3 is 2.52 bits per heavy atom. The van der Waals surface area contributed by atoms with Crippen molar-refractivity contribution in [2.75, 3.05) is 0 Å². The number of carbonyl (C=O) groups excluding carboxylic acids is 1. The summed E-state index contributed by atoms with van der Waals surface area (Å²) >= 11 is 5.99. The van der Waals surface area contributed by atoms with Gasteiger partial charge in [0.05, 0.1) is 11.8 Å². The van der Waals surface area contributed by atoms with Crippen molar-refractivity contribution >= 4 is 34.6 Å². The zero-order chi connectivity index (χ0) is 23.6. The molecule has 8 heteroatoms. The molecule has 0 saturated heterocycles. The summed E-state index contributed by atoms with van der Waals surface area (Å²) in [7, 11) is 0. The molecule has 0 atom stereocenters. The second kappa shape index (κ2) is 9.11. The monoisotopic (exact) mass is 469 g/mol. The number of fused-ring (bicyclic) bond motifs is 1. The molecule has 3 aromatic carbocycles. The fraction of sp³-hybridized carbons (Fsp3) is 0.120. The number of amides is 1. The Bertz CT molecular complexity index is 1340. The number of alkyl halides is 3. The third kappa shape index (κ3) is 4.93. The molecule has 0 unspecified atom stereocenters. The SMILES string of the molecule is Cc1c(/C=N\NC(=O)c2cccc(C(F)(F)F)c2)c2ccccc2n1Cc1ccc(Cl)cc1. The van der Waals surface area contributed by atoms with Crippen LogP contribution in [-0.4, -0.2) is 16.7 Å². The first kappa shape index (κ1) is 22.6. The van der Waals surface area contributed by atoms with Gasteiger partial charge in [-0.2, -0.15) is 18.3 Å². The number of benzene rings is 3. The summed E-state index contributed by atoms with van der Waals surface area (Å²) in [5.74, 6) is -0.722. The van der Waals surface area contributed by atoms with E-state index < -0.39 is 17.6 Å². The van der Waals surface area contributed by atoms with Gasteiger partial charge in [0.15, 0.2) is 0 Å². The van der Waals surface area contributed by atoms with Crippen molar-refractivity contribution in [3.8, 4) is 0 Å². The molecule has 4 aromatic rings. The lowest BCUT2D eigenvalue weighted by atomic mass is 10.1. The first-order valence-electron chi connectivity index (χ1n) is 10.1. The average Bonchev–Trinajstić information content (AvgIpc) is 3.06. The van der Waals surface area contributed by atoms with Crippen molar-refractivity contribution in [3.05, 3.63) is 106 Å². The third-order valence-corrected chi connectivity index (χ3v) is 5.60. The van der Waals surface area contributed by atoms with Crippen LogP contribution in [0.25, 0.3) is 10.9 Å². The molecule has 0 spiro atoms. The van der Waals surface area contributed by atoms with Crippen LogP contribution >= 0.6 is 11.6 Å². The van der Waals surface area contributed by atoms with Crippen LogP contribution < -0.4 is 5.43 Å². The smallest absolute Gasteiger partial charge is 0.340 e. The minimum absolute atomic E-state index is 0.121. The standard InChI is InChI=1S/C25H19ClF3N3O/c1-16-22(14-30-31-24(33)18-5-4-6-19(13-18)25(27,28)29)21-7-2-3-8-23(21)32(16)15-17-9-11-20(26)12-10-17/h2-14H,15H2,1H3,(H,31,33)/b30-14-. The van der Waals surface area contributed by atoms with E-state index in [1.807, 2.05) is 55.5 Å². The zero-order valence-corrected chi connectivity index (χ0v) is 18.3. The average molecular weight is 470 g/mol. The molecule has 0 aliphatic rings. The number of nitrogens with zero attached hydrogens (tertiary/aromatic N) is 2. The molecule has 4 rings (SSSR count). The van der Waals surface area contributed by atoms with Crippen molar-refractivity contribution in [1.29, 1.82) is 0 Å². The number of hydrogen-bond donors (Lipinski definition) is 1. The van der Waals surface area contributed by atoms with Crippen LogP contribution in [-0.2, 0) is 12.7 Å². The van der Waals surface area contributed by atoms with Crippen LogP contribution in [0.2, 0.25) is 5.02 Å². The predicted molar refractivity (Wildman–Crippen MR) is 124 cm³/mol. The highest BCUT2D eigenvalue weighted by Crippen LogP contribution is 2.29. The van der Waals surface area contributed by atoms with Crippen LogP contribution in [0.5, 0.6) is 0 Å². The molecule has 0 radical (unpaired) electrons. The van der Waals surface area contributed by atoms with Gasteiger partial charge in [-0.1, -0.05) is 48.0 Å². The van der Waals surface area contributed by atoms with Gasteiger partial charge in [-0.3, -0.25) is 4.79 Å². The maximum atomic E-state index is 12.9. The molecule has 4 nitrogen and oxygen atoms in total. The number of hydrazone groups is 1. The molecule has 1 heterocycles. The van der Waals surface area contributed by atoms with Crippen molar-refractivity contribution in [2.45, 2.75) is 19.6 Å². The van der Waals surface area contributed by atoms with Gasteiger partial charge in [0.25, 0.3) is 5.91 Å². The summed E-state index contributed by atoms with van der Waals surface area (Å²) in [5.41, 5.74) is 5.12. The molecule has 168 valence electrons. The Labute approximate surface area is 193 Å². The fourth-order valence-corrected chi connectivity index (χ4v) is 3.78. The van der Waals surface area contributed by atoms with Crippen LogP contribution in [0.1, 0.15) is 32.7 Å². The highest BCUT2D eigenvalue weighted by molar-refractivity contribution is 6.30. The Morgan fingerprint density at radius 2 is 1.79 bits per heavy atom. The van der Waals surface area contributed by atoms with Crippen LogP contribution in [0.15, 0.2) is 77.9 Å². The van der Waals surface area contributed by atoms with Gasteiger partial charge in [0, 0.05) is 39.3 Å². The van der Waals surface area contributed by atoms with Gasteiger partial charge in [0.1, 0.15) is 0 Å². The molecule has 1 aromatic heterocycles. The second-order valence-electron chi connectivity index (χ2n) is 7.51. The summed E-state index contributed by atoms with van der Waals surface area (Å²) in [4.78, 5) is 12.3. The van der Waals surface area contributed by atoms with Crippen molar-refractivity contribution in [3.63, 3.8) is 0 Å². The highest BCUT2D eigenvalue weighted by Gasteiger charge is 2.30. The van der Waals surface area contributed by atoms with Crippen LogP contribution in [0.4, 0.5) is 13.2 Å². The lowest BCUT2D eigenvalue weighted by Crippen LogP contribution is -2.18. The van der Waals surface area contributed by atoms with Gasteiger partial charge >= 0.3 is 6.18 Å². The topological polar surface area (TPSA) is 46.4 Å². The van der Waals surface area contributed by atoms with E-state index in [1.54, 1.807) is 0 Å². The van der Waals surface area contributed by atoms with Gasteiger partial charge in [0.2, 0.25) is 0 Å². The van der Waals surface area contributed by atoms with Crippen molar-refractivity contribution in [1.82, 2.24) is 9.99 Å². The Morgan fingerprint density at radius 1 is 1.06 bits per heavy atom. The normalized spacial score (nSPS) is 11.9. The molecule has 0 aliphatic heterocycles. The van der Waals surface area contributed by atoms with Crippen molar-refractivity contribution < 1.29 is 18.0 Å². The second-order valence-corrected chi connectivity index (χ2v) is 7.94. The molecule has 0 saturated carbocycles. The van der Waals surface area contributed by atoms with E-state index in [4.69, 9.17) is 11.6 Å². The van der Waals surface area contributed by atoms with E-state index in [1.165, 1.54) is 18.3 Å². The number of halogens is 4. The molecular formula is C25H19ClF3N3O. The predicted octanol–water partition coefficient (Wildman–Crippen LogP) is 6.43. The number of para-hydroxylation sites is 1. The van der Waals surface area contributed by atoms with E-state index >= 15 is 0 Å². The van der Waals surface area contributed by atoms with Crippen molar-refractivity contribution in [2.24, 2.45) is 5.10 Å². The molecule has 1 amide bonds. The summed E-state index contributed by atoms with van der Waals surface area (Å²) < 4.78 is 40.8. The minimum atomic E-state index is -4.53. The first-order valence-corrected chi connectivity index (χ1v) is 10.4. The lowest BCUT2D eigenvalue weighted by molar-refractivity contribution is -0.137. The van der Waals surface area contributed by atoms with Crippen LogP contribution in [0.3, 0.4) is 0 Å².